The van der Waals surface area contributed by atoms with Gasteiger partial charge in [0.25, 0.3) is 5.91 Å². The summed E-state index contributed by atoms with van der Waals surface area (Å²) >= 11 is 0. The van der Waals surface area contributed by atoms with E-state index < -0.39 is 125 Å². The van der Waals surface area contributed by atoms with Gasteiger partial charge in [0.2, 0.25) is 23.6 Å². The number of ether oxygens (including phenoxy) is 8. The van der Waals surface area contributed by atoms with Crippen LogP contribution < -0.4 is 58.2 Å². The lowest BCUT2D eigenvalue weighted by Gasteiger charge is -2.29. The van der Waals surface area contributed by atoms with E-state index in [-0.39, 0.29) is 78.8 Å². The molecule has 3 heterocycles. The Hall–Kier alpha value is -11.2. The standard InChI is InChI=1S/C28H37N3O6.C23H38N2O6.C18H30N2O4.C14H25NO4.C10H9NO3.C8H14N2O3.CH4/c1-36-25-13-7-11-20-19(25)16-22(29-20)27(34)30-21(14-17-8-4-3-5-9-17)26(33)31-23(28(35)37-2)15-18-10-6-12-24(18)32;1-23(2,3)31-22(29)25-17(13-15-9-6-5-7-10-15)20(27)24-18(21(28)30-4)14-16-11-8-12-19(16)26;1-24-18(23)15(11-13-8-5-9-16(13)21)20-17(22)14(19)10-12-6-3-2-4-7-12;1-14(2,3)19-13(18)15-11(12(16)17)9-10-7-5-4-6-8-10;1-14-9-4-2-3-7-6(9)5-8(11-7)10(12)13;1-13-8(12)6(9)4-5-2-3-10-7(5)11;/h7,11,13,16-18,21,23,29H,3-6,8-10,12,14-15H2,1-2H3,(H,30,34)(H,31,33);15-18H,5-14H2,1-4H3,(H,24,27)(H,25,29);12-15H,2-11,19H2,1H3,(H,20,22);10-11H,4-9H2,1-3H3,(H,15,18)(H,16,17);2-5,11H,1H3,(H,12,13);5-6H,2-4,9H2,1H3,(H,10,11);1H4/t18-,21-,23-;16-,17-,18-;13-,14-,15-;11-;;5-,6-;/m0000.0./s1. The average molecular weight is 1950 g/mol. The van der Waals surface area contributed by atoms with E-state index >= 15 is 0 Å². The number of hydrogen-bond donors (Lipinski definition) is 13. The molecule has 0 bridgehead atoms. The minimum atomic E-state index is -0.989. The zero-order chi connectivity index (χ0) is 101. The molecule has 15 N–H and O–H groups in total. The summed E-state index contributed by atoms with van der Waals surface area (Å²) in [6, 6.07) is 7.77. The van der Waals surface area contributed by atoms with Gasteiger partial charge in [-0.05, 0) is 198 Å². The average Bonchev–Trinajstić information content (AvgIpc) is 1.41. The van der Waals surface area contributed by atoms with Crippen molar-refractivity contribution in [3.63, 3.8) is 0 Å². The summed E-state index contributed by atoms with van der Waals surface area (Å²) in [4.78, 5) is 199. The summed E-state index contributed by atoms with van der Waals surface area (Å²) in [5.74, 6) is -3.28. The Labute approximate surface area is 816 Å². The fourth-order valence-corrected chi connectivity index (χ4v) is 19.4. The number of aromatic carboxylic acids is 1. The van der Waals surface area contributed by atoms with Crippen LogP contribution in [-0.4, -0.2) is 224 Å². The third-order valence-electron chi connectivity index (χ3n) is 26.8. The predicted molar refractivity (Wildman–Crippen MR) is 520 cm³/mol. The quantitative estimate of drug-likeness (QED) is 0.0153. The molecule has 7 aliphatic carbocycles. The number of aliphatic carboxylic acids is 1. The highest BCUT2D eigenvalue weighted by Gasteiger charge is 2.40. The molecule has 12 rings (SSSR count). The summed E-state index contributed by atoms with van der Waals surface area (Å²) in [7, 11) is 8.24. The number of carboxylic acids is 2. The monoisotopic (exact) mass is 1950 g/mol. The normalized spacial score (nSPS) is 20.2. The number of nitrogens with one attached hydrogen (secondary N) is 9. The third kappa shape index (κ3) is 39.8. The van der Waals surface area contributed by atoms with E-state index in [9.17, 15) is 81.8 Å². The smallest absolute Gasteiger partial charge is 0.408 e. The number of hydrogen-bond acceptors (Lipinski definition) is 26. The molecule has 2 aromatic heterocycles. The number of carboxylic acid groups (broad SMARTS) is 2. The van der Waals surface area contributed by atoms with Crippen LogP contribution in [0, 0.1) is 47.3 Å². The molecule has 0 unspecified atom stereocenters. The van der Waals surface area contributed by atoms with E-state index in [1.807, 2.05) is 30.3 Å². The first-order valence-corrected chi connectivity index (χ1v) is 49.3. The summed E-state index contributed by atoms with van der Waals surface area (Å²) in [5, 5.41) is 38.5. The van der Waals surface area contributed by atoms with Crippen LogP contribution in [0.1, 0.15) is 314 Å². The second-order valence-electron chi connectivity index (χ2n) is 39.6. The van der Waals surface area contributed by atoms with Crippen molar-refractivity contribution in [2.45, 2.75) is 352 Å². The number of alkyl carbamates (subject to hydrolysis) is 2. The number of aromatic nitrogens is 2. The summed E-state index contributed by atoms with van der Waals surface area (Å²) < 4.78 is 40.0. The molecule has 37 nitrogen and oxygen atoms in total. The lowest BCUT2D eigenvalue weighted by Crippen LogP contribution is -2.53. The number of nitrogens with two attached hydrogens (primary N) is 2. The van der Waals surface area contributed by atoms with Crippen LogP contribution in [0.2, 0.25) is 0 Å². The van der Waals surface area contributed by atoms with Crippen molar-refractivity contribution in [2.24, 2.45) is 58.8 Å². The highest BCUT2D eigenvalue weighted by Crippen LogP contribution is 2.36. The van der Waals surface area contributed by atoms with Gasteiger partial charge in [-0.15, -0.1) is 0 Å². The Kier molecular flexibility index (Phi) is 49.2. The lowest BCUT2D eigenvalue weighted by atomic mass is 9.84. The van der Waals surface area contributed by atoms with Gasteiger partial charge in [0, 0.05) is 71.3 Å². The number of rotatable bonds is 34. The van der Waals surface area contributed by atoms with Crippen LogP contribution in [0.15, 0.2) is 48.5 Å². The molecular formula is C102H157N11O26. The molecule has 2 aromatic carbocycles. The van der Waals surface area contributed by atoms with Crippen molar-refractivity contribution in [2.75, 3.05) is 49.2 Å². The van der Waals surface area contributed by atoms with Crippen molar-refractivity contribution in [3.8, 4) is 11.5 Å². The van der Waals surface area contributed by atoms with Gasteiger partial charge in [-0.3, -0.25) is 43.2 Å². The topological polar surface area (TPSA) is 555 Å². The zero-order valence-electron chi connectivity index (χ0n) is 82.8. The second-order valence-corrected chi connectivity index (χ2v) is 39.6. The van der Waals surface area contributed by atoms with Gasteiger partial charge in [0.1, 0.15) is 93.7 Å². The molecule has 1 saturated heterocycles. The van der Waals surface area contributed by atoms with Crippen LogP contribution in [0.3, 0.4) is 0 Å². The molecular weight excluding hydrogens is 1800 g/mol. The molecule has 7 amide bonds. The van der Waals surface area contributed by atoms with E-state index in [1.165, 1.54) is 67.0 Å². The Balaban J connectivity index is 0.000000265. The van der Waals surface area contributed by atoms with Gasteiger partial charge < -0.3 is 107 Å². The molecule has 37 heteroatoms. The van der Waals surface area contributed by atoms with Crippen molar-refractivity contribution >= 4 is 117 Å². The number of benzene rings is 2. The molecule has 0 spiro atoms. The molecule has 4 aromatic rings. The minimum Gasteiger partial charge on any atom is -0.496 e. The molecule has 7 saturated carbocycles. The molecule has 8 fully saturated rings. The fourth-order valence-electron chi connectivity index (χ4n) is 19.4. The fraction of sp³-hybridized carbons (Fsp3) is 0.686. The van der Waals surface area contributed by atoms with Gasteiger partial charge in [0.15, 0.2) is 0 Å². The largest absolute Gasteiger partial charge is 0.496 e. The Morgan fingerprint density at radius 3 is 1.06 bits per heavy atom. The molecule has 139 heavy (non-hydrogen) atoms. The van der Waals surface area contributed by atoms with Crippen LogP contribution in [0.25, 0.3) is 21.8 Å². The number of amides is 7. The second kappa shape index (κ2) is 58.7. The van der Waals surface area contributed by atoms with Crippen molar-refractivity contribution < 1.29 is 125 Å². The van der Waals surface area contributed by atoms with Crippen LogP contribution in [0.4, 0.5) is 9.59 Å². The number of carbonyl (C=O) groups is 16. The Morgan fingerprint density at radius 2 is 0.727 bits per heavy atom. The zero-order valence-corrected chi connectivity index (χ0v) is 82.8. The molecule has 0 radical (unpaired) electrons. The van der Waals surface area contributed by atoms with Crippen molar-refractivity contribution in [3.05, 3.63) is 59.9 Å². The first kappa shape index (κ1) is 116. The maximum absolute atomic E-state index is 13.5. The molecule has 8 aliphatic rings. The van der Waals surface area contributed by atoms with E-state index in [1.54, 1.807) is 74.0 Å². The number of esters is 4. The number of fused-ring (bicyclic) bond motifs is 2. The van der Waals surface area contributed by atoms with Crippen LogP contribution in [0.5, 0.6) is 11.5 Å². The first-order valence-electron chi connectivity index (χ1n) is 49.3. The number of H-pyrrole nitrogens is 2. The lowest BCUT2D eigenvalue weighted by molar-refractivity contribution is -0.146. The number of carbonyl (C=O) groups excluding carboxylic acids is 14. The number of Topliss-reactive ketones (excluding diaryl/α,β-unsaturated/α-hetero) is 3. The summed E-state index contributed by atoms with van der Waals surface area (Å²) in [5.41, 5.74) is 12.3. The Morgan fingerprint density at radius 1 is 0.381 bits per heavy atom. The van der Waals surface area contributed by atoms with E-state index in [0.29, 0.717) is 118 Å². The van der Waals surface area contributed by atoms with Crippen LogP contribution in [-0.2, 0) is 86.0 Å². The maximum Gasteiger partial charge on any atom is 0.408 e. The van der Waals surface area contributed by atoms with E-state index in [2.05, 4.69) is 51.9 Å². The van der Waals surface area contributed by atoms with E-state index in [4.69, 9.17) is 49.7 Å². The number of aromatic amines is 2. The van der Waals surface area contributed by atoms with Gasteiger partial charge in [-0.2, -0.15) is 0 Å². The summed E-state index contributed by atoms with van der Waals surface area (Å²) in [6.45, 7) is 11.2. The minimum absolute atomic E-state index is 0. The third-order valence-corrected chi connectivity index (χ3v) is 26.8. The van der Waals surface area contributed by atoms with Gasteiger partial charge in [-0.1, -0.05) is 148 Å². The number of ketones is 3. The predicted octanol–water partition coefficient (Wildman–Crippen LogP) is 13.1. The molecule has 12 atom stereocenters. The highest BCUT2D eigenvalue weighted by molar-refractivity contribution is 6.02. The van der Waals surface area contributed by atoms with E-state index in [0.717, 1.165) is 144 Å². The SMILES string of the molecule is C.CC(C)(C)OC(=O)N[C@@H](CC1CCCCC1)C(=O)O.COC(=O)[C@@H](N)C[C@@H]1CCNC1=O.COC(=O)[C@H](C[C@@H]1CCCC1=O)NC(=O)[C@@H](N)CC1CCCCC1.COC(=O)[C@H](C[C@@H]1CCCC1=O)NC(=O)[C@H](CC1CCCCC1)NC(=O)OC(C)(C)C.COC(=O)[C@H](C[C@@H]1CCCC1=O)NC(=O)[C@H](CC1CCCCC1)NC(=O)c1cc2c(OC)cccc2[nH]1.COc1cccc2[nH]c(C(=O)O)cc12. The summed E-state index contributed by atoms with van der Waals surface area (Å²) in [6.07, 6.45) is 31.3. The van der Waals surface area contributed by atoms with Crippen molar-refractivity contribution in [1.29, 1.82) is 0 Å². The molecule has 1 aliphatic heterocycles. The Bertz CT molecular complexity index is 4680. The van der Waals surface area contributed by atoms with Crippen LogP contribution >= 0.6 is 0 Å². The van der Waals surface area contributed by atoms with Gasteiger partial charge in [-0.25, -0.2) is 33.6 Å². The van der Waals surface area contributed by atoms with Crippen molar-refractivity contribution in [1.82, 2.24) is 47.2 Å². The maximum atomic E-state index is 13.5. The first-order chi connectivity index (χ1) is 65.6. The highest BCUT2D eigenvalue weighted by atomic mass is 16.6. The molecule has 776 valence electrons. The number of methoxy groups -OCH3 is 6. The van der Waals surface area contributed by atoms with Gasteiger partial charge in [0.05, 0.1) is 48.7 Å². The van der Waals surface area contributed by atoms with Gasteiger partial charge >= 0.3 is 48.0 Å².